The van der Waals surface area contributed by atoms with E-state index < -0.39 is 0 Å². The predicted molar refractivity (Wildman–Crippen MR) is 93.1 cm³/mol. The summed E-state index contributed by atoms with van der Waals surface area (Å²) in [6.07, 6.45) is 0. The van der Waals surface area contributed by atoms with Gasteiger partial charge in [-0.15, -0.1) is 0 Å². The minimum atomic E-state index is -0.147. The fourth-order valence-electron chi connectivity index (χ4n) is 2.91. The Bertz CT molecular complexity index is 735. The van der Waals surface area contributed by atoms with Crippen molar-refractivity contribution in [3.8, 4) is 11.5 Å². The topological polar surface area (TPSA) is 30.5 Å². The molecule has 0 radical (unpaired) electrons. The number of hydrogen-bond donors (Lipinski definition) is 1. The van der Waals surface area contributed by atoms with Crippen LogP contribution in [0.15, 0.2) is 30.3 Å². The molecule has 0 fully saturated rings. The van der Waals surface area contributed by atoms with E-state index in [4.69, 9.17) is 9.47 Å². The highest BCUT2D eigenvalue weighted by atomic mass is 16.7. The Balaban J connectivity index is 1.78. The van der Waals surface area contributed by atoms with Crippen LogP contribution in [0.1, 0.15) is 41.7 Å². The van der Waals surface area contributed by atoms with Crippen molar-refractivity contribution in [2.24, 2.45) is 0 Å². The number of aryl methyl sites for hydroxylation is 3. The summed E-state index contributed by atoms with van der Waals surface area (Å²) in [6.45, 7) is 12.1. The van der Waals surface area contributed by atoms with Gasteiger partial charge in [0.05, 0.1) is 0 Å². The van der Waals surface area contributed by atoms with Crippen LogP contribution < -0.4 is 14.8 Å². The minimum absolute atomic E-state index is 0.147. The van der Waals surface area contributed by atoms with Crippen molar-refractivity contribution in [3.05, 3.63) is 58.1 Å². The average molecular weight is 311 g/mol. The van der Waals surface area contributed by atoms with Gasteiger partial charge in [-0.3, -0.25) is 0 Å². The Hall–Kier alpha value is -2.00. The van der Waals surface area contributed by atoms with Crippen molar-refractivity contribution < 1.29 is 9.47 Å². The van der Waals surface area contributed by atoms with Crippen LogP contribution in [0.25, 0.3) is 0 Å². The Morgan fingerprint density at radius 2 is 1.61 bits per heavy atom. The lowest BCUT2D eigenvalue weighted by Crippen LogP contribution is -2.36. The molecule has 3 rings (SSSR count). The molecule has 0 amide bonds. The highest BCUT2D eigenvalue weighted by Gasteiger charge is 2.23. The summed E-state index contributed by atoms with van der Waals surface area (Å²) in [5, 5.41) is 3.67. The Labute approximate surface area is 138 Å². The molecule has 0 aromatic heterocycles. The van der Waals surface area contributed by atoms with E-state index in [-0.39, 0.29) is 5.54 Å². The van der Waals surface area contributed by atoms with E-state index in [2.05, 4.69) is 64.2 Å². The van der Waals surface area contributed by atoms with Gasteiger partial charge in [0.25, 0.3) is 0 Å². The monoisotopic (exact) mass is 311 g/mol. The summed E-state index contributed by atoms with van der Waals surface area (Å²) in [5.41, 5.74) is 6.42. The van der Waals surface area contributed by atoms with E-state index in [1.807, 2.05) is 6.07 Å². The van der Waals surface area contributed by atoms with Gasteiger partial charge in [0.1, 0.15) is 0 Å². The van der Waals surface area contributed by atoms with Crippen LogP contribution in [0.5, 0.6) is 11.5 Å². The zero-order chi connectivity index (χ0) is 16.6. The lowest BCUT2D eigenvalue weighted by atomic mass is 9.93. The molecular formula is C20H25NO2. The lowest BCUT2D eigenvalue weighted by molar-refractivity contribution is 0.174. The molecule has 0 aliphatic carbocycles. The highest BCUT2D eigenvalue weighted by Crippen LogP contribution is 2.35. The minimum Gasteiger partial charge on any atom is -0.454 e. The largest absolute Gasteiger partial charge is 0.454 e. The van der Waals surface area contributed by atoms with Crippen LogP contribution >= 0.6 is 0 Å². The first-order chi connectivity index (χ1) is 10.9. The summed E-state index contributed by atoms with van der Waals surface area (Å²) in [7, 11) is 0. The summed E-state index contributed by atoms with van der Waals surface area (Å²) in [5.74, 6) is 1.66. The van der Waals surface area contributed by atoms with Gasteiger partial charge >= 0.3 is 0 Å². The normalized spacial score (nSPS) is 13.4. The number of nitrogens with one attached hydrogen (secondary N) is 1. The number of benzene rings is 2. The lowest BCUT2D eigenvalue weighted by Gasteiger charge is -2.28. The molecule has 0 unspecified atom stereocenters. The van der Waals surface area contributed by atoms with Crippen molar-refractivity contribution in [1.82, 2.24) is 5.32 Å². The maximum atomic E-state index is 5.50. The van der Waals surface area contributed by atoms with E-state index in [1.54, 1.807) is 0 Å². The molecule has 23 heavy (non-hydrogen) atoms. The average Bonchev–Trinajstić information content (AvgIpc) is 2.97. The van der Waals surface area contributed by atoms with Gasteiger partial charge in [-0.25, -0.2) is 0 Å². The Kier molecular flexibility index (Phi) is 4.07. The Morgan fingerprint density at radius 1 is 0.913 bits per heavy atom. The first-order valence-electron chi connectivity index (χ1n) is 8.09. The summed E-state index contributed by atoms with van der Waals surface area (Å²) in [4.78, 5) is 0. The van der Waals surface area contributed by atoms with Crippen molar-refractivity contribution in [2.75, 3.05) is 6.79 Å². The second kappa shape index (κ2) is 5.89. The van der Waals surface area contributed by atoms with Crippen LogP contribution in [0, 0.1) is 20.8 Å². The van der Waals surface area contributed by atoms with Crippen molar-refractivity contribution in [2.45, 2.75) is 46.7 Å². The summed E-state index contributed by atoms with van der Waals surface area (Å²) >= 11 is 0. The van der Waals surface area contributed by atoms with E-state index in [0.29, 0.717) is 6.79 Å². The van der Waals surface area contributed by atoms with Crippen molar-refractivity contribution >= 4 is 0 Å². The summed E-state index contributed by atoms with van der Waals surface area (Å²) < 4.78 is 10.9. The number of rotatable bonds is 4. The van der Waals surface area contributed by atoms with Crippen LogP contribution in [-0.4, -0.2) is 6.79 Å². The van der Waals surface area contributed by atoms with E-state index >= 15 is 0 Å². The second-order valence-corrected chi connectivity index (χ2v) is 6.91. The molecule has 0 saturated carbocycles. The quantitative estimate of drug-likeness (QED) is 0.909. The molecule has 2 aromatic rings. The third kappa shape index (κ3) is 3.20. The van der Waals surface area contributed by atoms with Crippen LogP contribution in [-0.2, 0) is 12.1 Å². The van der Waals surface area contributed by atoms with E-state index in [0.717, 1.165) is 18.0 Å². The molecule has 3 heteroatoms. The van der Waals surface area contributed by atoms with Crippen molar-refractivity contribution in [3.63, 3.8) is 0 Å². The van der Waals surface area contributed by atoms with Gasteiger partial charge in [-0.1, -0.05) is 18.2 Å². The van der Waals surface area contributed by atoms with E-state index in [1.165, 1.54) is 27.8 Å². The molecule has 0 spiro atoms. The summed E-state index contributed by atoms with van der Waals surface area (Å²) in [6, 6.07) is 10.7. The predicted octanol–water partition coefficient (Wildman–Crippen LogP) is 4.37. The number of ether oxygens (including phenoxy) is 2. The van der Waals surface area contributed by atoms with Crippen LogP contribution in [0.4, 0.5) is 0 Å². The zero-order valence-corrected chi connectivity index (χ0v) is 14.6. The smallest absolute Gasteiger partial charge is 0.231 e. The SMILES string of the molecule is Cc1cc(C)c(CNC(C)(C)c2ccc3c(c2)OCO3)cc1C. The molecule has 0 atom stereocenters. The molecular weight excluding hydrogens is 286 g/mol. The molecule has 0 bridgehead atoms. The zero-order valence-electron chi connectivity index (χ0n) is 14.6. The highest BCUT2D eigenvalue weighted by molar-refractivity contribution is 5.46. The van der Waals surface area contributed by atoms with Gasteiger partial charge in [-0.2, -0.15) is 0 Å². The Morgan fingerprint density at radius 3 is 2.39 bits per heavy atom. The number of hydrogen-bond acceptors (Lipinski definition) is 3. The van der Waals surface area contributed by atoms with Gasteiger partial charge in [0, 0.05) is 12.1 Å². The molecule has 1 aliphatic heterocycles. The third-order valence-electron chi connectivity index (χ3n) is 4.77. The fraction of sp³-hybridized carbons (Fsp3) is 0.400. The third-order valence-corrected chi connectivity index (χ3v) is 4.77. The fourth-order valence-corrected chi connectivity index (χ4v) is 2.91. The molecule has 3 nitrogen and oxygen atoms in total. The molecule has 0 saturated heterocycles. The molecule has 122 valence electrons. The molecule has 1 aliphatic rings. The van der Waals surface area contributed by atoms with Gasteiger partial charge < -0.3 is 14.8 Å². The first kappa shape index (κ1) is 15.9. The van der Waals surface area contributed by atoms with Crippen LogP contribution in [0.3, 0.4) is 0 Å². The van der Waals surface area contributed by atoms with E-state index in [9.17, 15) is 0 Å². The van der Waals surface area contributed by atoms with Gasteiger partial charge in [0.2, 0.25) is 6.79 Å². The maximum Gasteiger partial charge on any atom is 0.231 e. The van der Waals surface area contributed by atoms with Gasteiger partial charge in [-0.05, 0) is 74.6 Å². The maximum absolute atomic E-state index is 5.50. The standard InChI is InChI=1S/C20H25NO2/c1-13-8-15(3)16(9-14(13)2)11-21-20(4,5)17-6-7-18-19(10-17)23-12-22-18/h6-10,21H,11-12H2,1-5H3. The van der Waals surface area contributed by atoms with Crippen molar-refractivity contribution in [1.29, 1.82) is 0 Å². The molecule has 1 heterocycles. The van der Waals surface area contributed by atoms with Crippen LogP contribution in [0.2, 0.25) is 0 Å². The molecule has 1 N–H and O–H groups in total. The van der Waals surface area contributed by atoms with Gasteiger partial charge in [0.15, 0.2) is 11.5 Å². The second-order valence-electron chi connectivity index (χ2n) is 6.91. The first-order valence-corrected chi connectivity index (χ1v) is 8.09. The number of fused-ring (bicyclic) bond motifs is 1. The molecule has 2 aromatic carbocycles.